The number of nitrogens with zero attached hydrogens (tertiary/aromatic N) is 2. The molecule has 0 aliphatic heterocycles. The van der Waals surface area contributed by atoms with Crippen LogP contribution in [-0.2, 0) is 4.79 Å². The summed E-state index contributed by atoms with van der Waals surface area (Å²) < 4.78 is 13.0. The lowest BCUT2D eigenvalue weighted by Gasteiger charge is -2.05. The Hall–Kier alpha value is -2.32. The summed E-state index contributed by atoms with van der Waals surface area (Å²) in [7, 11) is 0. The van der Waals surface area contributed by atoms with Gasteiger partial charge in [-0.25, -0.2) is 14.4 Å². The van der Waals surface area contributed by atoms with Crippen molar-refractivity contribution in [2.75, 3.05) is 11.1 Å². The Labute approximate surface area is 159 Å². The highest BCUT2D eigenvalue weighted by Gasteiger charge is 2.11. The van der Waals surface area contributed by atoms with Gasteiger partial charge in [-0.2, -0.15) is 0 Å². The number of aryl methyl sites for hydroxylation is 1. The van der Waals surface area contributed by atoms with Crippen LogP contribution in [0.25, 0.3) is 11.0 Å². The molecule has 0 aliphatic carbocycles. The fourth-order valence-electron chi connectivity index (χ4n) is 2.05. The van der Waals surface area contributed by atoms with E-state index in [0.717, 1.165) is 23.2 Å². The fourth-order valence-corrected chi connectivity index (χ4v) is 2.87. The van der Waals surface area contributed by atoms with Crippen molar-refractivity contribution in [3.8, 4) is 5.75 Å². The number of hydrogen-bond donors (Lipinski definition) is 3. The number of H-pyrrole nitrogens is 1. The van der Waals surface area contributed by atoms with Gasteiger partial charge < -0.3 is 15.4 Å². The largest absolute Gasteiger partial charge is 0.505 e. The van der Waals surface area contributed by atoms with Crippen molar-refractivity contribution in [2.45, 2.75) is 25.9 Å². The highest BCUT2D eigenvalue weighted by atomic mass is 35.5. The third kappa shape index (κ3) is 4.64. The molecule has 2 aromatic heterocycles. The summed E-state index contributed by atoms with van der Waals surface area (Å²) in [5.41, 5.74) is 2.53. The molecule has 0 spiro atoms. The molecule has 3 rings (SSSR count). The van der Waals surface area contributed by atoms with E-state index in [-0.39, 0.29) is 11.7 Å². The number of benzene rings is 1. The molecule has 138 valence electrons. The van der Waals surface area contributed by atoms with Crippen molar-refractivity contribution in [2.24, 2.45) is 0 Å². The van der Waals surface area contributed by atoms with Crippen LogP contribution in [0.15, 0.2) is 29.6 Å². The molecule has 3 N–H and O–H groups in total. The minimum absolute atomic E-state index is 0.0954. The molecule has 0 aliphatic rings. The lowest BCUT2D eigenvalue weighted by Crippen LogP contribution is -2.14. The Morgan fingerprint density at radius 1 is 1.42 bits per heavy atom. The number of aromatic hydroxyl groups is 1. The van der Waals surface area contributed by atoms with Gasteiger partial charge in [-0.05, 0) is 19.1 Å². The van der Waals surface area contributed by atoms with Gasteiger partial charge >= 0.3 is 0 Å². The maximum atomic E-state index is 13.0. The molecule has 9 heteroatoms. The zero-order valence-electron chi connectivity index (χ0n) is 14.4. The number of nitrogens with one attached hydrogen (secondary N) is 2. The first-order valence-electron chi connectivity index (χ1n) is 7.86. The second-order valence-electron chi connectivity index (χ2n) is 4.98. The smallest absolute Gasteiger partial charge is 0.234 e. The number of carbonyl (C=O) groups is 1. The SMILES string of the molecule is CC.Cc1c(Cl)ncc2[nH]c(SCC(=O)Nc3ccc(F)c(O)c3)nc12. The van der Waals surface area contributed by atoms with Crippen LogP contribution in [0.4, 0.5) is 10.1 Å². The van der Waals surface area contributed by atoms with Crippen molar-refractivity contribution < 1.29 is 14.3 Å². The van der Waals surface area contributed by atoms with E-state index in [1.807, 2.05) is 20.8 Å². The van der Waals surface area contributed by atoms with E-state index in [4.69, 9.17) is 11.6 Å². The van der Waals surface area contributed by atoms with Gasteiger partial charge in [0, 0.05) is 17.3 Å². The molecule has 2 heterocycles. The standard InChI is InChI=1S/C15H12ClFN4O2S.C2H6/c1-7-13-10(5-18-14(7)16)20-15(21-13)24-6-12(23)19-8-2-3-9(17)11(22)4-8;1-2/h2-5,22H,6H2,1H3,(H,19,23)(H,20,21);1-2H3. The maximum Gasteiger partial charge on any atom is 0.234 e. The molecule has 26 heavy (non-hydrogen) atoms. The van der Waals surface area contributed by atoms with Crippen LogP contribution in [0.2, 0.25) is 5.15 Å². The molecular weight excluding hydrogens is 379 g/mol. The van der Waals surface area contributed by atoms with Gasteiger partial charge in [0.05, 0.1) is 23.0 Å². The van der Waals surface area contributed by atoms with E-state index in [1.54, 1.807) is 6.20 Å². The highest BCUT2D eigenvalue weighted by molar-refractivity contribution is 7.99. The molecule has 0 saturated carbocycles. The molecular formula is C17H18ClFN4O2S. The molecule has 0 atom stereocenters. The molecule has 0 saturated heterocycles. The van der Waals surface area contributed by atoms with Gasteiger partial charge in [0.15, 0.2) is 16.7 Å². The molecule has 0 bridgehead atoms. The van der Waals surface area contributed by atoms with Gasteiger partial charge in [-0.3, -0.25) is 4.79 Å². The lowest BCUT2D eigenvalue weighted by atomic mass is 10.3. The topological polar surface area (TPSA) is 90.9 Å². The third-order valence-corrected chi connectivity index (χ3v) is 4.51. The Morgan fingerprint density at radius 2 is 2.15 bits per heavy atom. The van der Waals surface area contributed by atoms with Crippen LogP contribution in [0.1, 0.15) is 19.4 Å². The van der Waals surface area contributed by atoms with E-state index in [9.17, 15) is 14.3 Å². The number of aromatic nitrogens is 3. The van der Waals surface area contributed by atoms with Crippen molar-refractivity contribution in [1.82, 2.24) is 15.0 Å². The second kappa shape index (κ2) is 8.86. The van der Waals surface area contributed by atoms with E-state index in [0.29, 0.717) is 21.5 Å². The third-order valence-electron chi connectivity index (χ3n) is 3.25. The predicted octanol–water partition coefficient (Wildman–Crippen LogP) is 4.52. The van der Waals surface area contributed by atoms with Crippen molar-refractivity contribution in [3.05, 3.63) is 40.9 Å². The summed E-state index contributed by atoms with van der Waals surface area (Å²) in [6.07, 6.45) is 1.59. The van der Waals surface area contributed by atoms with Gasteiger partial charge in [0.2, 0.25) is 5.91 Å². The molecule has 0 unspecified atom stereocenters. The van der Waals surface area contributed by atoms with E-state index in [2.05, 4.69) is 20.3 Å². The number of amides is 1. The minimum Gasteiger partial charge on any atom is -0.505 e. The fraction of sp³-hybridized carbons (Fsp3) is 0.235. The Bertz CT molecular complexity index is 933. The van der Waals surface area contributed by atoms with Crippen molar-refractivity contribution in [1.29, 1.82) is 0 Å². The number of fused-ring (bicyclic) bond motifs is 1. The van der Waals surface area contributed by atoms with Gasteiger partial charge in [0.1, 0.15) is 5.15 Å². The predicted molar refractivity (Wildman–Crippen MR) is 102 cm³/mol. The Balaban J connectivity index is 0.00000117. The zero-order chi connectivity index (χ0) is 19.3. The van der Waals surface area contributed by atoms with Crippen LogP contribution in [-0.4, -0.2) is 31.7 Å². The molecule has 0 fully saturated rings. The number of hydrogen-bond acceptors (Lipinski definition) is 5. The summed E-state index contributed by atoms with van der Waals surface area (Å²) in [5, 5.41) is 12.8. The number of thioether (sulfide) groups is 1. The summed E-state index contributed by atoms with van der Waals surface area (Å²) >= 11 is 7.16. The monoisotopic (exact) mass is 396 g/mol. The van der Waals surface area contributed by atoms with Crippen LogP contribution >= 0.6 is 23.4 Å². The molecule has 0 radical (unpaired) electrons. The van der Waals surface area contributed by atoms with E-state index < -0.39 is 11.6 Å². The van der Waals surface area contributed by atoms with Crippen LogP contribution in [0, 0.1) is 12.7 Å². The van der Waals surface area contributed by atoms with Crippen LogP contribution < -0.4 is 5.32 Å². The van der Waals surface area contributed by atoms with Crippen LogP contribution in [0.5, 0.6) is 5.75 Å². The number of phenols is 1. The van der Waals surface area contributed by atoms with Gasteiger partial charge in [-0.1, -0.05) is 37.2 Å². The Morgan fingerprint density at radius 3 is 2.85 bits per heavy atom. The summed E-state index contributed by atoms with van der Waals surface area (Å²) in [5.74, 6) is -1.47. The number of phenolic OH excluding ortho intramolecular Hbond substituents is 1. The average molecular weight is 397 g/mol. The number of rotatable bonds is 4. The molecule has 6 nitrogen and oxygen atoms in total. The average Bonchev–Trinajstić information content (AvgIpc) is 3.05. The first-order valence-corrected chi connectivity index (χ1v) is 9.22. The molecule has 3 aromatic rings. The number of aromatic amines is 1. The molecule has 1 amide bonds. The normalized spacial score (nSPS) is 10.3. The highest BCUT2D eigenvalue weighted by Crippen LogP contribution is 2.25. The van der Waals surface area contributed by atoms with E-state index in [1.165, 1.54) is 17.8 Å². The number of imidazole rings is 1. The first-order chi connectivity index (χ1) is 12.4. The maximum absolute atomic E-state index is 13.0. The first kappa shape index (κ1) is 20.0. The van der Waals surface area contributed by atoms with Gasteiger partial charge in [-0.15, -0.1) is 0 Å². The number of halogens is 2. The zero-order valence-corrected chi connectivity index (χ0v) is 16.0. The van der Waals surface area contributed by atoms with Crippen LogP contribution in [0.3, 0.4) is 0 Å². The van der Waals surface area contributed by atoms with E-state index >= 15 is 0 Å². The molecule has 1 aromatic carbocycles. The van der Waals surface area contributed by atoms with Gasteiger partial charge in [0.25, 0.3) is 0 Å². The minimum atomic E-state index is -0.743. The summed E-state index contributed by atoms with van der Waals surface area (Å²) in [6, 6.07) is 3.60. The Kier molecular flexibility index (Phi) is 6.82. The number of pyridine rings is 1. The quantitative estimate of drug-likeness (QED) is 0.445. The summed E-state index contributed by atoms with van der Waals surface area (Å²) in [4.78, 5) is 23.4. The van der Waals surface area contributed by atoms with Crippen molar-refractivity contribution >= 4 is 46.0 Å². The summed E-state index contributed by atoms with van der Waals surface area (Å²) in [6.45, 7) is 5.82. The second-order valence-corrected chi connectivity index (χ2v) is 6.30. The number of anilines is 1. The van der Waals surface area contributed by atoms with Crippen molar-refractivity contribution in [3.63, 3.8) is 0 Å². The lowest BCUT2D eigenvalue weighted by molar-refractivity contribution is -0.113. The number of carbonyl (C=O) groups excluding carboxylic acids is 1.